The number of carboxylic acids is 1. The maximum atomic E-state index is 12.2. The molecule has 0 spiro atoms. The average Bonchev–Trinajstić information content (AvgIpc) is 2.97. The van der Waals surface area contributed by atoms with Gasteiger partial charge in [0.1, 0.15) is 5.69 Å². The number of hydrogen-bond acceptors (Lipinski definition) is 4. The molecule has 7 nitrogen and oxygen atoms in total. The molecule has 1 atom stereocenters. The van der Waals surface area contributed by atoms with Gasteiger partial charge >= 0.3 is 5.97 Å². The minimum absolute atomic E-state index is 0.111. The standard InChI is InChI=1S/C14H15N3O4/c1-21-8-11(14(19)20)16-13(18)12-7-15-9-17(12)10-5-3-2-4-6-10/h2-7,9,11H,8H2,1H3,(H,16,18)(H,19,20). The van der Waals surface area contributed by atoms with Gasteiger partial charge in [0.2, 0.25) is 0 Å². The Kier molecular flexibility index (Phi) is 4.68. The topological polar surface area (TPSA) is 93.5 Å². The highest BCUT2D eigenvalue weighted by Gasteiger charge is 2.22. The Hall–Kier alpha value is -2.67. The molecule has 21 heavy (non-hydrogen) atoms. The number of imidazole rings is 1. The molecule has 0 aliphatic carbocycles. The molecule has 2 rings (SSSR count). The summed E-state index contributed by atoms with van der Waals surface area (Å²) in [5.41, 5.74) is 1.02. The lowest BCUT2D eigenvalue weighted by molar-refractivity contribution is -0.140. The number of carboxylic acid groups (broad SMARTS) is 1. The molecule has 2 N–H and O–H groups in total. The van der Waals surface area contributed by atoms with Gasteiger partial charge in [-0.25, -0.2) is 9.78 Å². The molecule has 0 saturated heterocycles. The van der Waals surface area contributed by atoms with Gasteiger partial charge in [0.15, 0.2) is 6.04 Å². The number of benzene rings is 1. The number of nitrogens with zero attached hydrogens (tertiary/aromatic N) is 2. The van der Waals surface area contributed by atoms with Crippen LogP contribution >= 0.6 is 0 Å². The van der Waals surface area contributed by atoms with Gasteiger partial charge in [0.05, 0.1) is 19.1 Å². The number of ether oxygens (including phenoxy) is 1. The summed E-state index contributed by atoms with van der Waals surface area (Å²) < 4.78 is 6.36. The van der Waals surface area contributed by atoms with Crippen LogP contribution in [0.4, 0.5) is 0 Å². The van der Waals surface area contributed by atoms with Gasteiger partial charge in [-0.15, -0.1) is 0 Å². The van der Waals surface area contributed by atoms with E-state index in [1.165, 1.54) is 19.6 Å². The molecule has 2 aromatic rings. The number of aromatic nitrogens is 2. The normalized spacial score (nSPS) is 11.9. The predicted octanol–water partition coefficient (Wildman–Crippen LogP) is 0.702. The molecule has 0 bridgehead atoms. The number of amides is 1. The maximum absolute atomic E-state index is 12.2. The second-order valence-electron chi connectivity index (χ2n) is 4.30. The summed E-state index contributed by atoms with van der Waals surface area (Å²) >= 11 is 0. The SMILES string of the molecule is COCC(NC(=O)c1cncn1-c1ccccc1)C(=O)O. The molecular formula is C14H15N3O4. The number of carbonyl (C=O) groups excluding carboxylic acids is 1. The molecule has 1 aromatic heterocycles. The number of nitrogens with one attached hydrogen (secondary N) is 1. The average molecular weight is 289 g/mol. The number of rotatable bonds is 6. The third-order valence-electron chi connectivity index (χ3n) is 2.84. The van der Waals surface area contributed by atoms with E-state index < -0.39 is 17.9 Å². The van der Waals surface area contributed by atoms with Crippen molar-refractivity contribution in [1.29, 1.82) is 0 Å². The van der Waals surface area contributed by atoms with Crippen LogP contribution in [0.5, 0.6) is 0 Å². The summed E-state index contributed by atoms with van der Waals surface area (Å²) in [4.78, 5) is 27.2. The van der Waals surface area contributed by atoms with Crippen LogP contribution in [-0.4, -0.2) is 46.3 Å². The summed E-state index contributed by atoms with van der Waals surface area (Å²) in [5.74, 6) is -1.68. The first-order valence-corrected chi connectivity index (χ1v) is 6.24. The van der Waals surface area contributed by atoms with Crippen molar-refractivity contribution in [2.24, 2.45) is 0 Å². The van der Waals surface area contributed by atoms with Crippen molar-refractivity contribution in [1.82, 2.24) is 14.9 Å². The second kappa shape index (κ2) is 6.67. The van der Waals surface area contributed by atoms with E-state index in [0.717, 1.165) is 5.69 Å². The van der Waals surface area contributed by atoms with Crippen LogP contribution in [0.3, 0.4) is 0 Å². The number of methoxy groups -OCH3 is 1. The molecule has 1 unspecified atom stereocenters. The van der Waals surface area contributed by atoms with Gasteiger partial charge in [0, 0.05) is 12.8 Å². The quantitative estimate of drug-likeness (QED) is 0.816. The van der Waals surface area contributed by atoms with Crippen molar-refractivity contribution < 1.29 is 19.4 Å². The third-order valence-corrected chi connectivity index (χ3v) is 2.84. The Labute approximate surface area is 121 Å². The summed E-state index contributed by atoms with van der Waals surface area (Å²) in [6, 6.07) is 8.06. The van der Waals surface area contributed by atoms with Crippen molar-refractivity contribution >= 4 is 11.9 Å². The molecule has 0 saturated carbocycles. The molecule has 110 valence electrons. The lowest BCUT2D eigenvalue weighted by Crippen LogP contribution is -2.44. The zero-order valence-electron chi connectivity index (χ0n) is 11.4. The van der Waals surface area contributed by atoms with Gasteiger partial charge in [0.25, 0.3) is 5.91 Å². The van der Waals surface area contributed by atoms with E-state index >= 15 is 0 Å². The molecule has 7 heteroatoms. The summed E-state index contributed by atoms with van der Waals surface area (Å²) in [6.45, 7) is -0.111. The van der Waals surface area contributed by atoms with Gasteiger partial charge in [-0.2, -0.15) is 0 Å². The maximum Gasteiger partial charge on any atom is 0.328 e. The first kappa shape index (κ1) is 14.7. The van der Waals surface area contributed by atoms with E-state index in [-0.39, 0.29) is 12.3 Å². The Balaban J connectivity index is 2.21. The molecule has 0 aliphatic rings. The molecule has 1 aromatic carbocycles. The molecule has 0 aliphatic heterocycles. The fourth-order valence-corrected chi connectivity index (χ4v) is 1.83. The molecule has 1 heterocycles. The van der Waals surface area contributed by atoms with E-state index in [1.807, 2.05) is 30.3 Å². The van der Waals surface area contributed by atoms with Gasteiger partial charge in [-0.3, -0.25) is 9.36 Å². The highest BCUT2D eigenvalue weighted by Crippen LogP contribution is 2.10. The highest BCUT2D eigenvalue weighted by atomic mass is 16.5. The van der Waals surface area contributed by atoms with E-state index in [9.17, 15) is 9.59 Å². The Morgan fingerprint density at radius 3 is 2.71 bits per heavy atom. The van der Waals surface area contributed by atoms with Gasteiger partial charge in [-0.05, 0) is 12.1 Å². The van der Waals surface area contributed by atoms with Crippen LogP contribution in [-0.2, 0) is 9.53 Å². The monoisotopic (exact) mass is 289 g/mol. The van der Waals surface area contributed by atoms with Crippen LogP contribution in [0, 0.1) is 0 Å². The van der Waals surface area contributed by atoms with Crippen molar-refractivity contribution in [3.8, 4) is 5.69 Å². The van der Waals surface area contributed by atoms with Gasteiger partial charge in [-0.1, -0.05) is 18.2 Å². The van der Waals surface area contributed by atoms with Crippen molar-refractivity contribution in [2.75, 3.05) is 13.7 Å². The summed E-state index contributed by atoms with van der Waals surface area (Å²) in [7, 11) is 1.37. The van der Waals surface area contributed by atoms with Crippen LogP contribution < -0.4 is 5.32 Å². The predicted molar refractivity (Wildman–Crippen MR) is 74.3 cm³/mol. The number of carbonyl (C=O) groups is 2. The largest absolute Gasteiger partial charge is 0.480 e. The van der Waals surface area contributed by atoms with E-state index in [4.69, 9.17) is 9.84 Å². The van der Waals surface area contributed by atoms with Crippen molar-refractivity contribution in [2.45, 2.75) is 6.04 Å². The van der Waals surface area contributed by atoms with Crippen molar-refractivity contribution in [3.05, 3.63) is 48.5 Å². The molecular weight excluding hydrogens is 274 g/mol. The summed E-state index contributed by atoms with van der Waals surface area (Å²) in [5, 5.41) is 11.4. The number of hydrogen-bond donors (Lipinski definition) is 2. The smallest absolute Gasteiger partial charge is 0.328 e. The number of para-hydroxylation sites is 1. The Bertz CT molecular complexity index is 624. The van der Waals surface area contributed by atoms with E-state index in [2.05, 4.69) is 10.3 Å². The minimum Gasteiger partial charge on any atom is -0.480 e. The van der Waals surface area contributed by atoms with Crippen LogP contribution in [0.1, 0.15) is 10.5 Å². The van der Waals surface area contributed by atoms with Crippen LogP contribution in [0.25, 0.3) is 5.69 Å². The zero-order valence-corrected chi connectivity index (χ0v) is 11.4. The fourth-order valence-electron chi connectivity index (χ4n) is 1.83. The summed E-state index contributed by atoms with van der Waals surface area (Å²) in [6.07, 6.45) is 2.88. The first-order valence-electron chi connectivity index (χ1n) is 6.24. The Morgan fingerprint density at radius 1 is 1.38 bits per heavy atom. The Morgan fingerprint density at radius 2 is 2.10 bits per heavy atom. The lowest BCUT2D eigenvalue weighted by atomic mass is 10.2. The highest BCUT2D eigenvalue weighted by molar-refractivity contribution is 5.95. The minimum atomic E-state index is -1.16. The molecule has 0 radical (unpaired) electrons. The third kappa shape index (κ3) is 3.46. The van der Waals surface area contributed by atoms with E-state index in [1.54, 1.807) is 4.57 Å². The number of aliphatic carboxylic acids is 1. The van der Waals surface area contributed by atoms with E-state index in [0.29, 0.717) is 0 Å². The van der Waals surface area contributed by atoms with Crippen LogP contribution in [0.2, 0.25) is 0 Å². The fraction of sp³-hybridized carbons (Fsp3) is 0.214. The lowest BCUT2D eigenvalue weighted by Gasteiger charge is -2.14. The molecule has 1 amide bonds. The zero-order chi connectivity index (χ0) is 15.2. The first-order chi connectivity index (χ1) is 10.1. The molecule has 0 fully saturated rings. The van der Waals surface area contributed by atoms with Gasteiger partial charge < -0.3 is 15.2 Å². The van der Waals surface area contributed by atoms with Crippen molar-refractivity contribution in [3.63, 3.8) is 0 Å². The van der Waals surface area contributed by atoms with Crippen LogP contribution in [0.15, 0.2) is 42.9 Å². The second-order valence-corrected chi connectivity index (χ2v) is 4.30.